The third-order valence-corrected chi connectivity index (χ3v) is 7.51. The Kier molecular flexibility index (Phi) is 6.35. The van der Waals surface area contributed by atoms with Gasteiger partial charge in [-0.15, -0.1) is 0 Å². The summed E-state index contributed by atoms with van der Waals surface area (Å²) >= 11 is 11.2. The molecule has 5 rings (SSSR count). The van der Waals surface area contributed by atoms with E-state index in [1.165, 1.54) is 23.0 Å². The highest BCUT2D eigenvalue weighted by Crippen LogP contribution is 2.34. The van der Waals surface area contributed by atoms with Crippen LogP contribution in [0.1, 0.15) is 24.3 Å². The number of rotatable bonds is 4. The monoisotopic (exact) mass is 568 g/mol. The number of aromatic nitrogens is 1. The zero-order chi connectivity index (χ0) is 24.7. The fourth-order valence-electron chi connectivity index (χ4n) is 4.01. The van der Waals surface area contributed by atoms with Crippen LogP contribution in [0, 0.1) is 0 Å². The van der Waals surface area contributed by atoms with Crippen LogP contribution in [0.4, 0.5) is 0 Å². The number of thiazole rings is 1. The van der Waals surface area contributed by atoms with E-state index < -0.39 is 12.0 Å². The largest absolute Gasteiger partial charge is 0.466 e. The number of methoxy groups -OCH3 is 1. The summed E-state index contributed by atoms with van der Waals surface area (Å²) in [6.07, 6.45) is 1.69. The molecule has 1 aliphatic rings. The van der Waals surface area contributed by atoms with Crippen LogP contribution >= 0.6 is 38.9 Å². The fraction of sp³-hybridized carbons (Fsp3) is 0.115. The van der Waals surface area contributed by atoms with Gasteiger partial charge in [-0.1, -0.05) is 69.2 Å². The lowest BCUT2D eigenvalue weighted by Gasteiger charge is -2.25. The molecule has 9 heteroatoms. The Morgan fingerprint density at radius 1 is 1.17 bits per heavy atom. The van der Waals surface area contributed by atoms with E-state index in [1.54, 1.807) is 31.2 Å². The van der Waals surface area contributed by atoms with Gasteiger partial charge in [-0.25, -0.2) is 9.79 Å². The molecule has 2 aromatic carbocycles. The van der Waals surface area contributed by atoms with Crippen LogP contribution in [-0.2, 0) is 9.53 Å². The van der Waals surface area contributed by atoms with Crippen molar-refractivity contribution in [3.8, 4) is 11.3 Å². The van der Waals surface area contributed by atoms with Crippen molar-refractivity contribution in [2.45, 2.75) is 13.0 Å². The second kappa shape index (κ2) is 9.45. The lowest BCUT2D eigenvalue weighted by atomic mass is 9.96. The molecule has 0 bridgehead atoms. The van der Waals surface area contributed by atoms with Crippen LogP contribution in [0.25, 0.3) is 17.4 Å². The molecule has 0 spiro atoms. The summed E-state index contributed by atoms with van der Waals surface area (Å²) in [5, 5.41) is 0.438. The van der Waals surface area contributed by atoms with Gasteiger partial charge in [-0.2, -0.15) is 0 Å². The van der Waals surface area contributed by atoms with E-state index in [0.29, 0.717) is 37.1 Å². The third kappa shape index (κ3) is 4.33. The molecule has 1 unspecified atom stereocenters. The molecule has 0 radical (unpaired) electrons. The Morgan fingerprint density at radius 3 is 2.63 bits per heavy atom. The summed E-state index contributed by atoms with van der Waals surface area (Å²) in [5.41, 5.74) is 1.99. The maximum atomic E-state index is 13.6. The maximum Gasteiger partial charge on any atom is 0.338 e. The first kappa shape index (κ1) is 23.5. The van der Waals surface area contributed by atoms with Gasteiger partial charge in [0.1, 0.15) is 17.6 Å². The average molecular weight is 570 g/mol. The zero-order valence-corrected chi connectivity index (χ0v) is 21.8. The van der Waals surface area contributed by atoms with E-state index in [-0.39, 0.29) is 11.1 Å². The van der Waals surface area contributed by atoms with Crippen molar-refractivity contribution in [3.05, 3.63) is 112 Å². The van der Waals surface area contributed by atoms with Crippen LogP contribution in [0.5, 0.6) is 0 Å². The van der Waals surface area contributed by atoms with Gasteiger partial charge in [0.05, 0.1) is 22.9 Å². The molecule has 2 aromatic heterocycles. The van der Waals surface area contributed by atoms with Gasteiger partial charge in [0.25, 0.3) is 5.56 Å². The van der Waals surface area contributed by atoms with E-state index in [1.807, 2.05) is 42.5 Å². The van der Waals surface area contributed by atoms with Crippen LogP contribution in [0.15, 0.2) is 90.6 Å². The predicted molar refractivity (Wildman–Crippen MR) is 139 cm³/mol. The minimum Gasteiger partial charge on any atom is -0.466 e. The zero-order valence-electron chi connectivity index (χ0n) is 18.6. The van der Waals surface area contributed by atoms with Gasteiger partial charge in [0, 0.05) is 21.1 Å². The van der Waals surface area contributed by atoms with Gasteiger partial charge < -0.3 is 9.15 Å². The van der Waals surface area contributed by atoms with Crippen molar-refractivity contribution in [1.29, 1.82) is 0 Å². The van der Waals surface area contributed by atoms with Gasteiger partial charge in [-0.3, -0.25) is 9.36 Å². The normalized spacial score (nSPS) is 15.7. The minimum absolute atomic E-state index is 0.273. The number of ether oxygens (including phenoxy) is 1. The standard InChI is InChI=1S/C26H18BrClN2O4S/c1-14-22(25(32)33-2)23(18-5-3-4-6-19(18)28)30-24(31)21(35-26(30)29-14)13-17-11-12-20(34-17)15-7-9-16(27)10-8-15/h3-13,23H,1-2H3. The highest BCUT2D eigenvalue weighted by molar-refractivity contribution is 9.10. The van der Waals surface area contributed by atoms with Crippen molar-refractivity contribution < 1.29 is 13.9 Å². The Bertz CT molecular complexity index is 1660. The number of carbonyl (C=O) groups excluding carboxylic acids is 1. The van der Waals surface area contributed by atoms with E-state index >= 15 is 0 Å². The molecule has 0 aliphatic carbocycles. The first-order valence-corrected chi connectivity index (χ1v) is 12.6. The molecular weight excluding hydrogens is 552 g/mol. The minimum atomic E-state index is -0.760. The molecule has 35 heavy (non-hydrogen) atoms. The number of hydrogen-bond donors (Lipinski definition) is 0. The number of furan rings is 1. The summed E-state index contributed by atoms with van der Waals surface area (Å²) in [6, 6.07) is 17.8. The Morgan fingerprint density at radius 2 is 1.91 bits per heavy atom. The molecule has 4 aromatic rings. The number of allylic oxidation sites excluding steroid dienone is 1. The maximum absolute atomic E-state index is 13.6. The highest BCUT2D eigenvalue weighted by atomic mass is 79.9. The number of halogens is 2. The summed E-state index contributed by atoms with van der Waals surface area (Å²) < 4.78 is 13.9. The first-order valence-electron chi connectivity index (χ1n) is 10.6. The third-order valence-electron chi connectivity index (χ3n) is 5.66. The lowest BCUT2D eigenvalue weighted by molar-refractivity contribution is -0.136. The number of nitrogens with zero attached hydrogens (tertiary/aromatic N) is 2. The number of carbonyl (C=O) groups is 1. The van der Waals surface area contributed by atoms with Crippen molar-refractivity contribution >= 4 is 50.9 Å². The summed E-state index contributed by atoms with van der Waals surface area (Å²) in [5.74, 6) is 0.663. The van der Waals surface area contributed by atoms with Crippen LogP contribution < -0.4 is 14.9 Å². The topological polar surface area (TPSA) is 73.8 Å². The second-order valence-corrected chi connectivity index (χ2v) is 10.1. The predicted octanol–water partition coefficient (Wildman–Crippen LogP) is 5.08. The first-order chi connectivity index (χ1) is 16.9. The van der Waals surface area contributed by atoms with E-state index in [4.69, 9.17) is 20.8 Å². The summed E-state index contributed by atoms with van der Waals surface area (Å²) in [7, 11) is 1.30. The molecule has 0 fully saturated rings. The van der Waals surface area contributed by atoms with Gasteiger partial charge in [0.15, 0.2) is 4.80 Å². The molecular formula is C26H18BrClN2O4S. The van der Waals surface area contributed by atoms with Crippen LogP contribution in [0.2, 0.25) is 5.02 Å². The number of benzene rings is 2. The quantitative estimate of drug-likeness (QED) is 0.321. The Labute approximate surface area is 217 Å². The molecule has 0 N–H and O–H groups in total. The van der Waals surface area contributed by atoms with Crippen molar-refractivity contribution in [2.75, 3.05) is 7.11 Å². The lowest BCUT2D eigenvalue weighted by Crippen LogP contribution is -2.39. The second-order valence-electron chi connectivity index (χ2n) is 7.80. The van der Waals surface area contributed by atoms with Crippen LogP contribution in [0.3, 0.4) is 0 Å². The summed E-state index contributed by atoms with van der Waals surface area (Å²) in [4.78, 5) is 31.4. The van der Waals surface area contributed by atoms with E-state index in [2.05, 4.69) is 20.9 Å². The molecule has 0 amide bonds. The smallest absolute Gasteiger partial charge is 0.338 e. The van der Waals surface area contributed by atoms with Gasteiger partial charge >= 0.3 is 5.97 Å². The highest BCUT2D eigenvalue weighted by Gasteiger charge is 2.34. The van der Waals surface area contributed by atoms with E-state index in [0.717, 1.165) is 10.0 Å². The fourth-order valence-corrected chi connectivity index (χ4v) is 5.54. The SMILES string of the molecule is COC(=O)C1=C(C)N=c2sc(=Cc3ccc(-c4ccc(Br)cc4)o3)c(=O)n2C1c1ccccc1Cl. The van der Waals surface area contributed by atoms with Gasteiger partial charge in [0.2, 0.25) is 0 Å². The van der Waals surface area contributed by atoms with E-state index in [9.17, 15) is 9.59 Å². The number of esters is 1. The number of hydrogen-bond acceptors (Lipinski definition) is 6. The molecule has 1 aliphatic heterocycles. The molecule has 3 heterocycles. The Balaban J connectivity index is 1.66. The van der Waals surface area contributed by atoms with Crippen molar-refractivity contribution in [3.63, 3.8) is 0 Å². The van der Waals surface area contributed by atoms with Crippen molar-refractivity contribution in [1.82, 2.24) is 4.57 Å². The molecule has 0 saturated carbocycles. The summed E-state index contributed by atoms with van der Waals surface area (Å²) in [6.45, 7) is 1.73. The molecule has 176 valence electrons. The average Bonchev–Trinajstić information content (AvgIpc) is 3.43. The van der Waals surface area contributed by atoms with Crippen molar-refractivity contribution in [2.24, 2.45) is 4.99 Å². The molecule has 1 atom stereocenters. The van der Waals surface area contributed by atoms with Crippen LogP contribution in [-0.4, -0.2) is 17.6 Å². The van der Waals surface area contributed by atoms with Gasteiger partial charge in [-0.05, 0) is 42.8 Å². The molecule has 6 nitrogen and oxygen atoms in total. The Hall–Kier alpha value is -3.20. The number of fused-ring (bicyclic) bond motifs is 1. The molecule has 0 saturated heterocycles.